The summed E-state index contributed by atoms with van der Waals surface area (Å²) in [6, 6.07) is 14.8. The summed E-state index contributed by atoms with van der Waals surface area (Å²) in [5, 5.41) is 13.1. The maximum Gasteiger partial charge on any atom is 0.252 e. The summed E-state index contributed by atoms with van der Waals surface area (Å²) in [4.78, 5) is 17.8. The van der Waals surface area contributed by atoms with Crippen LogP contribution in [0.5, 0.6) is 0 Å². The Balaban J connectivity index is 2.14. The van der Waals surface area contributed by atoms with Gasteiger partial charge in [-0.25, -0.2) is 0 Å². The molecule has 0 heterocycles. The van der Waals surface area contributed by atoms with Crippen molar-refractivity contribution >= 4 is 24.2 Å². The number of nitriles is 1. The van der Waals surface area contributed by atoms with E-state index in [9.17, 15) is 10.1 Å². The fourth-order valence-corrected chi connectivity index (χ4v) is 3.92. The smallest absolute Gasteiger partial charge is 0.252 e. The van der Waals surface area contributed by atoms with Crippen molar-refractivity contribution in [3.63, 3.8) is 0 Å². The predicted molar refractivity (Wildman–Crippen MR) is 126 cm³/mol. The van der Waals surface area contributed by atoms with Crippen molar-refractivity contribution in [3.05, 3.63) is 93.2 Å². The van der Waals surface area contributed by atoms with E-state index in [0.717, 1.165) is 29.5 Å². The Morgan fingerprint density at radius 1 is 1.23 bits per heavy atom. The number of carbonyl (C=O) groups is 1. The molecule has 0 aromatic heterocycles. The average Bonchev–Trinajstić information content (AvgIpc) is 3.59. The molecule has 0 spiro atoms. The van der Waals surface area contributed by atoms with Crippen molar-refractivity contribution in [3.8, 4) is 6.07 Å². The number of carbonyl (C=O) groups excluding carboxylic acids is 1. The molecular weight excluding hydrogens is 406 g/mol. The number of hydrogen-bond donors (Lipinski definition) is 1. The fraction of sp³-hybridized carbons (Fsp3) is 0.269. The number of nitrogens with one attached hydrogen (secondary N) is 1. The van der Waals surface area contributed by atoms with Crippen LogP contribution in [0.3, 0.4) is 0 Å². The topological polar surface area (TPSA) is 65.2 Å². The molecule has 0 aliphatic heterocycles. The second-order valence-electron chi connectivity index (χ2n) is 8.14. The SMILES string of the molecule is C=N/C(=C\C=C(C)C)C(NC(=O)c1ccc(C#N)c(C)c1)(c1ccc(Cl)cc1)C1CC1. The molecule has 0 bridgehead atoms. The van der Waals surface area contributed by atoms with E-state index >= 15 is 0 Å². The lowest BCUT2D eigenvalue weighted by Gasteiger charge is -2.36. The van der Waals surface area contributed by atoms with Gasteiger partial charge < -0.3 is 5.32 Å². The summed E-state index contributed by atoms with van der Waals surface area (Å²) >= 11 is 6.15. The van der Waals surface area contributed by atoms with Crippen molar-refractivity contribution in [2.45, 2.75) is 39.2 Å². The number of nitrogens with zero attached hydrogens (tertiary/aromatic N) is 2. The maximum absolute atomic E-state index is 13.4. The minimum atomic E-state index is -0.822. The van der Waals surface area contributed by atoms with Gasteiger partial charge in [-0.3, -0.25) is 9.79 Å². The van der Waals surface area contributed by atoms with Gasteiger partial charge in [-0.05, 0) is 93.8 Å². The molecule has 0 radical (unpaired) electrons. The molecule has 1 N–H and O–H groups in total. The molecule has 0 saturated heterocycles. The number of amides is 1. The summed E-state index contributed by atoms with van der Waals surface area (Å²) in [7, 11) is 0. The average molecular weight is 432 g/mol. The normalized spacial score (nSPS) is 15.4. The Morgan fingerprint density at radius 3 is 2.42 bits per heavy atom. The quantitative estimate of drug-likeness (QED) is 0.424. The zero-order chi connectivity index (χ0) is 22.6. The predicted octanol–water partition coefficient (Wildman–Crippen LogP) is 6.11. The first kappa shape index (κ1) is 22.5. The number of rotatable bonds is 7. The van der Waals surface area contributed by atoms with Crippen LogP contribution in [-0.4, -0.2) is 12.6 Å². The Labute approximate surface area is 189 Å². The Morgan fingerprint density at radius 2 is 1.90 bits per heavy atom. The highest BCUT2D eigenvalue weighted by Crippen LogP contribution is 2.50. The summed E-state index contributed by atoms with van der Waals surface area (Å²) in [5.41, 5.74) is 3.73. The van der Waals surface area contributed by atoms with Gasteiger partial charge in [0.05, 0.1) is 17.3 Å². The molecule has 1 fully saturated rings. The van der Waals surface area contributed by atoms with Crippen molar-refractivity contribution in [2.75, 3.05) is 0 Å². The van der Waals surface area contributed by atoms with Crippen LogP contribution in [0.25, 0.3) is 0 Å². The summed E-state index contributed by atoms with van der Waals surface area (Å²) in [5.74, 6) is -0.0272. The minimum absolute atomic E-state index is 0.194. The molecule has 1 amide bonds. The second kappa shape index (κ2) is 9.32. The van der Waals surface area contributed by atoms with Crippen molar-refractivity contribution in [1.82, 2.24) is 5.32 Å². The van der Waals surface area contributed by atoms with E-state index in [1.165, 1.54) is 0 Å². The molecule has 1 unspecified atom stereocenters. The first-order valence-electron chi connectivity index (χ1n) is 10.2. The molecule has 1 atom stereocenters. The Hall–Kier alpha value is -3.16. The van der Waals surface area contributed by atoms with E-state index in [1.54, 1.807) is 18.2 Å². The highest BCUT2D eigenvalue weighted by molar-refractivity contribution is 6.30. The molecule has 2 aromatic rings. The lowest BCUT2D eigenvalue weighted by atomic mass is 9.81. The van der Waals surface area contributed by atoms with E-state index in [-0.39, 0.29) is 11.8 Å². The molecule has 31 heavy (non-hydrogen) atoms. The maximum atomic E-state index is 13.4. The van der Waals surface area contributed by atoms with Crippen LogP contribution in [0.2, 0.25) is 5.02 Å². The first-order valence-corrected chi connectivity index (χ1v) is 10.6. The highest BCUT2D eigenvalue weighted by Gasteiger charge is 2.50. The van der Waals surface area contributed by atoms with Gasteiger partial charge >= 0.3 is 0 Å². The third kappa shape index (κ3) is 4.78. The largest absolute Gasteiger partial charge is 0.337 e. The lowest BCUT2D eigenvalue weighted by molar-refractivity contribution is 0.0900. The van der Waals surface area contributed by atoms with Gasteiger partial charge in [0.25, 0.3) is 5.91 Å². The van der Waals surface area contributed by atoms with Crippen LogP contribution >= 0.6 is 11.6 Å². The van der Waals surface area contributed by atoms with Crippen molar-refractivity contribution in [2.24, 2.45) is 10.9 Å². The van der Waals surface area contributed by atoms with Gasteiger partial charge in [0.2, 0.25) is 0 Å². The molecule has 1 aliphatic carbocycles. The van der Waals surface area contributed by atoms with Gasteiger partial charge in [0, 0.05) is 10.6 Å². The van der Waals surface area contributed by atoms with E-state index < -0.39 is 5.54 Å². The zero-order valence-corrected chi connectivity index (χ0v) is 18.8. The Bertz CT molecular complexity index is 1100. The summed E-state index contributed by atoms with van der Waals surface area (Å²) in [6.07, 6.45) is 5.85. The molecule has 2 aromatic carbocycles. The molecule has 1 aliphatic rings. The van der Waals surface area contributed by atoms with E-state index in [2.05, 4.69) is 23.1 Å². The molecule has 1 saturated carbocycles. The molecular formula is C26H26ClN3O. The second-order valence-corrected chi connectivity index (χ2v) is 8.58. The van der Waals surface area contributed by atoms with Crippen LogP contribution in [-0.2, 0) is 5.54 Å². The van der Waals surface area contributed by atoms with Gasteiger partial charge in [0.15, 0.2) is 0 Å². The molecule has 3 rings (SSSR count). The number of hydrogen-bond acceptors (Lipinski definition) is 3. The van der Waals surface area contributed by atoms with Crippen molar-refractivity contribution in [1.29, 1.82) is 5.26 Å². The first-order chi connectivity index (χ1) is 14.8. The van der Waals surface area contributed by atoms with Crippen LogP contribution in [0, 0.1) is 24.2 Å². The van der Waals surface area contributed by atoms with Crippen LogP contribution in [0.15, 0.2) is 70.9 Å². The van der Waals surface area contributed by atoms with Gasteiger partial charge in [-0.2, -0.15) is 5.26 Å². The van der Waals surface area contributed by atoms with E-state index in [1.807, 2.05) is 57.2 Å². The van der Waals surface area contributed by atoms with E-state index in [0.29, 0.717) is 21.8 Å². The highest BCUT2D eigenvalue weighted by atomic mass is 35.5. The summed E-state index contributed by atoms with van der Waals surface area (Å²) in [6.45, 7) is 9.66. The molecule has 5 heteroatoms. The number of allylic oxidation sites excluding steroid dienone is 3. The van der Waals surface area contributed by atoms with Gasteiger partial charge in [0.1, 0.15) is 5.54 Å². The third-order valence-electron chi connectivity index (χ3n) is 5.56. The molecule has 158 valence electrons. The third-order valence-corrected chi connectivity index (χ3v) is 5.81. The summed E-state index contributed by atoms with van der Waals surface area (Å²) < 4.78 is 0. The monoisotopic (exact) mass is 431 g/mol. The molecule has 4 nitrogen and oxygen atoms in total. The number of aliphatic imine (C=N–C) groups is 1. The zero-order valence-electron chi connectivity index (χ0n) is 18.1. The van der Waals surface area contributed by atoms with Crippen LogP contribution in [0.4, 0.5) is 0 Å². The Kier molecular flexibility index (Phi) is 6.77. The van der Waals surface area contributed by atoms with Crippen LogP contribution in [0.1, 0.15) is 53.7 Å². The van der Waals surface area contributed by atoms with E-state index in [4.69, 9.17) is 11.6 Å². The lowest BCUT2D eigenvalue weighted by Crippen LogP contribution is -2.49. The van der Waals surface area contributed by atoms with Crippen LogP contribution < -0.4 is 5.32 Å². The number of benzene rings is 2. The van der Waals surface area contributed by atoms with Crippen molar-refractivity contribution < 1.29 is 4.79 Å². The standard InChI is InChI=1S/C26H26ClN3O/c1-17(2)5-14-24(29-4)26(21-8-9-21,22-10-12-23(27)13-11-22)30-25(31)19-6-7-20(16-28)18(3)15-19/h5-7,10-15,21H,4,8-9H2,1-3H3,(H,30,31)/b24-14-. The fourth-order valence-electron chi connectivity index (χ4n) is 3.80. The number of halogens is 1. The minimum Gasteiger partial charge on any atom is -0.337 e. The number of aryl methyl sites for hydroxylation is 1. The van der Waals surface area contributed by atoms with Gasteiger partial charge in [-0.15, -0.1) is 0 Å². The van der Waals surface area contributed by atoms with Gasteiger partial charge in [-0.1, -0.05) is 35.4 Å².